The second kappa shape index (κ2) is 6.14. The normalized spacial score (nSPS) is 12.8. The summed E-state index contributed by atoms with van der Waals surface area (Å²) in [7, 11) is 0. The van der Waals surface area contributed by atoms with E-state index in [4.69, 9.17) is 11.6 Å². The van der Waals surface area contributed by atoms with Crippen molar-refractivity contribution >= 4 is 11.6 Å². The monoisotopic (exact) mass is 225 g/mol. The Morgan fingerprint density at radius 3 is 2.60 bits per heavy atom. The van der Waals surface area contributed by atoms with Crippen LogP contribution in [0.5, 0.6) is 0 Å². The van der Waals surface area contributed by atoms with E-state index in [0.29, 0.717) is 6.04 Å². The van der Waals surface area contributed by atoms with Crippen molar-refractivity contribution in [2.75, 3.05) is 6.54 Å². The largest absolute Gasteiger partial charge is 0.310 e. The zero-order chi connectivity index (χ0) is 11.3. The highest BCUT2D eigenvalue weighted by Crippen LogP contribution is 2.24. The number of aryl methyl sites for hydroxylation is 1. The van der Waals surface area contributed by atoms with Gasteiger partial charge in [-0.05, 0) is 37.1 Å². The molecule has 0 aromatic heterocycles. The quantitative estimate of drug-likeness (QED) is 0.796. The molecule has 0 radical (unpaired) electrons. The molecule has 0 heterocycles. The molecule has 0 spiro atoms. The molecule has 1 unspecified atom stereocenters. The Kier molecular flexibility index (Phi) is 5.13. The molecule has 15 heavy (non-hydrogen) atoms. The summed E-state index contributed by atoms with van der Waals surface area (Å²) in [5.74, 6) is 0. The maximum atomic E-state index is 6.13. The first-order chi connectivity index (χ1) is 7.19. The average molecular weight is 226 g/mol. The molecular weight excluding hydrogens is 206 g/mol. The number of hydrogen-bond acceptors (Lipinski definition) is 1. The molecule has 1 atom stereocenters. The van der Waals surface area contributed by atoms with Crippen molar-refractivity contribution in [3.05, 3.63) is 34.3 Å². The lowest BCUT2D eigenvalue weighted by Crippen LogP contribution is -2.20. The standard InChI is InChI=1S/C13H20ClN/c1-4-6-13(15-5-2)11-8-7-10(3)12(14)9-11/h7-9,13,15H,4-6H2,1-3H3. The SMILES string of the molecule is CCCC(NCC)c1ccc(C)c(Cl)c1. The first-order valence-electron chi connectivity index (χ1n) is 5.68. The van der Waals surface area contributed by atoms with Gasteiger partial charge in [-0.3, -0.25) is 0 Å². The van der Waals surface area contributed by atoms with Crippen molar-refractivity contribution in [2.45, 2.75) is 39.7 Å². The third-order valence-electron chi connectivity index (χ3n) is 2.63. The third-order valence-corrected chi connectivity index (χ3v) is 3.03. The predicted octanol–water partition coefficient (Wildman–Crippen LogP) is 4.10. The number of rotatable bonds is 5. The Morgan fingerprint density at radius 1 is 1.33 bits per heavy atom. The van der Waals surface area contributed by atoms with Gasteiger partial charge in [0.15, 0.2) is 0 Å². The van der Waals surface area contributed by atoms with Crippen LogP contribution in [-0.2, 0) is 0 Å². The van der Waals surface area contributed by atoms with E-state index in [2.05, 4.69) is 37.4 Å². The zero-order valence-corrected chi connectivity index (χ0v) is 10.6. The summed E-state index contributed by atoms with van der Waals surface area (Å²) in [5, 5.41) is 4.35. The fraction of sp³-hybridized carbons (Fsp3) is 0.538. The molecular formula is C13H20ClN. The molecule has 84 valence electrons. The van der Waals surface area contributed by atoms with Gasteiger partial charge in [0.05, 0.1) is 0 Å². The van der Waals surface area contributed by atoms with Crippen molar-refractivity contribution in [3.8, 4) is 0 Å². The molecule has 1 aromatic rings. The summed E-state index contributed by atoms with van der Waals surface area (Å²) < 4.78 is 0. The Morgan fingerprint density at radius 2 is 2.07 bits per heavy atom. The van der Waals surface area contributed by atoms with Gasteiger partial charge in [0.1, 0.15) is 0 Å². The Hall–Kier alpha value is -0.530. The summed E-state index contributed by atoms with van der Waals surface area (Å²) in [5.41, 5.74) is 2.45. The van der Waals surface area contributed by atoms with Gasteiger partial charge in [-0.1, -0.05) is 44.0 Å². The average Bonchev–Trinajstić information content (AvgIpc) is 2.22. The molecule has 0 saturated heterocycles. The van der Waals surface area contributed by atoms with E-state index in [9.17, 15) is 0 Å². The predicted molar refractivity (Wildman–Crippen MR) is 67.5 cm³/mol. The number of halogens is 1. The second-order valence-corrected chi connectivity index (χ2v) is 4.31. The van der Waals surface area contributed by atoms with E-state index >= 15 is 0 Å². The minimum absolute atomic E-state index is 0.443. The van der Waals surface area contributed by atoms with E-state index in [-0.39, 0.29) is 0 Å². The van der Waals surface area contributed by atoms with Gasteiger partial charge >= 0.3 is 0 Å². The van der Waals surface area contributed by atoms with E-state index < -0.39 is 0 Å². The van der Waals surface area contributed by atoms with Crippen LogP contribution in [0.1, 0.15) is 43.9 Å². The Bertz CT molecular complexity index is 303. The molecule has 2 heteroatoms. The molecule has 1 rings (SSSR count). The van der Waals surface area contributed by atoms with Crippen LogP contribution in [0.25, 0.3) is 0 Å². The van der Waals surface area contributed by atoms with Gasteiger partial charge in [0.2, 0.25) is 0 Å². The van der Waals surface area contributed by atoms with Crippen LogP contribution in [0.2, 0.25) is 5.02 Å². The summed E-state index contributed by atoms with van der Waals surface area (Å²) in [6, 6.07) is 6.79. The molecule has 0 aliphatic carbocycles. The van der Waals surface area contributed by atoms with Gasteiger partial charge in [-0.25, -0.2) is 0 Å². The van der Waals surface area contributed by atoms with Crippen molar-refractivity contribution in [3.63, 3.8) is 0 Å². The highest BCUT2D eigenvalue weighted by molar-refractivity contribution is 6.31. The minimum atomic E-state index is 0.443. The molecule has 0 bridgehead atoms. The van der Waals surface area contributed by atoms with Crippen LogP contribution in [0.3, 0.4) is 0 Å². The zero-order valence-electron chi connectivity index (χ0n) is 9.81. The van der Waals surface area contributed by atoms with Crippen molar-refractivity contribution in [2.24, 2.45) is 0 Å². The van der Waals surface area contributed by atoms with Gasteiger partial charge in [0.25, 0.3) is 0 Å². The maximum absolute atomic E-state index is 6.13. The topological polar surface area (TPSA) is 12.0 Å². The summed E-state index contributed by atoms with van der Waals surface area (Å²) in [6.45, 7) is 7.38. The number of benzene rings is 1. The van der Waals surface area contributed by atoms with Crippen molar-refractivity contribution in [1.29, 1.82) is 0 Å². The summed E-state index contributed by atoms with van der Waals surface area (Å²) in [6.07, 6.45) is 2.34. The molecule has 0 saturated carbocycles. The van der Waals surface area contributed by atoms with Gasteiger partial charge < -0.3 is 5.32 Å². The van der Waals surface area contributed by atoms with Crippen LogP contribution in [0.15, 0.2) is 18.2 Å². The Labute approximate surface area is 97.8 Å². The van der Waals surface area contributed by atoms with Crippen molar-refractivity contribution in [1.82, 2.24) is 5.32 Å². The number of nitrogens with one attached hydrogen (secondary N) is 1. The first-order valence-corrected chi connectivity index (χ1v) is 6.06. The lowest BCUT2D eigenvalue weighted by atomic mass is 10.0. The van der Waals surface area contributed by atoms with Crippen LogP contribution in [0.4, 0.5) is 0 Å². The van der Waals surface area contributed by atoms with Crippen molar-refractivity contribution < 1.29 is 0 Å². The Balaban J connectivity index is 2.85. The lowest BCUT2D eigenvalue weighted by Gasteiger charge is -2.18. The molecule has 1 nitrogen and oxygen atoms in total. The minimum Gasteiger partial charge on any atom is -0.310 e. The number of hydrogen-bond donors (Lipinski definition) is 1. The highest BCUT2D eigenvalue weighted by atomic mass is 35.5. The fourth-order valence-corrected chi connectivity index (χ4v) is 1.94. The summed E-state index contributed by atoms with van der Waals surface area (Å²) in [4.78, 5) is 0. The van der Waals surface area contributed by atoms with Gasteiger partial charge in [-0.2, -0.15) is 0 Å². The van der Waals surface area contributed by atoms with E-state index in [1.54, 1.807) is 0 Å². The van der Waals surface area contributed by atoms with Crippen LogP contribution in [0, 0.1) is 6.92 Å². The van der Waals surface area contributed by atoms with Gasteiger partial charge in [0, 0.05) is 11.1 Å². The maximum Gasteiger partial charge on any atom is 0.0438 e. The first kappa shape index (κ1) is 12.5. The van der Waals surface area contributed by atoms with Gasteiger partial charge in [-0.15, -0.1) is 0 Å². The highest BCUT2D eigenvalue weighted by Gasteiger charge is 2.09. The smallest absolute Gasteiger partial charge is 0.0438 e. The van der Waals surface area contributed by atoms with Crippen LogP contribution >= 0.6 is 11.6 Å². The van der Waals surface area contributed by atoms with E-state index in [1.807, 2.05) is 6.92 Å². The second-order valence-electron chi connectivity index (χ2n) is 3.91. The molecule has 1 N–H and O–H groups in total. The van der Waals surface area contributed by atoms with E-state index in [1.165, 1.54) is 12.0 Å². The van der Waals surface area contributed by atoms with E-state index in [0.717, 1.165) is 23.6 Å². The lowest BCUT2D eigenvalue weighted by molar-refractivity contribution is 0.509. The van der Waals surface area contributed by atoms with Crippen LogP contribution in [-0.4, -0.2) is 6.54 Å². The molecule has 0 amide bonds. The molecule has 1 aromatic carbocycles. The molecule has 0 fully saturated rings. The van der Waals surface area contributed by atoms with Crippen LogP contribution < -0.4 is 5.32 Å². The fourth-order valence-electron chi connectivity index (χ4n) is 1.75. The third kappa shape index (κ3) is 3.51. The molecule has 0 aliphatic heterocycles. The summed E-state index contributed by atoms with van der Waals surface area (Å²) >= 11 is 6.13. The molecule has 0 aliphatic rings.